The van der Waals surface area contributed by atoms with Crippen molar-refractivity contribution in [3.8, 4) is 11.5 Å². The van der Waals surface area contributed by atoms with Crippen LogP contribution in [0.5, 0.6) is 11.5 Å². The van der Waals surface area contributed by atoms with Crippen molar-refractivity contribution in [2.45, 2.75) is 0 Å². The van der Waals surface area contributed by atoms with Crippen LogP contribution in [0.25, 0.3) is 0 Å². The number of aldehydes is 1. The summed E-state index contributed by atoms with van der Waals surface area (Å²) in [5, 5.41) is 3.85. The van der Waals surface area contributed by atoms with Crippen molar-refractivity contribution in [3.05, 3.63) is 46.7 Å². The van der Waals surface area contributed by atoms with Gasteiger partial charge in [0, 0.05) is 10.9 Å². The van der Waals surface area contributed by atoms with Crippen LogP contribution in [0.15, 0.2) is 41.1 Å². The number of hydrogen-bond donors (Lipinski definition) is 0. The van der Waals surface area contributed by atoms with Crippen molar-refractivity contribution < 1.29 is 9.53 Å². The Kier molecular flexibility index (Phi) is 2.60. The molecular weight excluding hydrogens is 196 g/mol. The lowest BCUT2D eigenvalue weighted by molar-refractivity contribution is 0.112. The normalized spacial score (nSPS) is 9.71. The van der Waals surface area contributed by atoms with Crippen molar-refractivity contribution in [1.29, 1.82) is 0 Å². The molecule has 0 radical (unpaired) electrons. The molecule has 0 atom stereocenters. The van der Waals surface area contributed by atoms with Gasteiger partial charge in [-0.2, -0.15) is 0 Å². The highest BCUT2D eigenvalue weighted by Gasteiger charge is 1.98. The Morgan fingerprint density at radius 3 is 2.86 bits per heavy atom. The van der Waals surface area contributed by atoms with Crippen molar-refractivity contribution in [1.82, 2.24) is 0 Å². The zero-order chi connectivity index (χ0) is 9.80. The fourth-order valence-electron chi connectivity index (χ4n) is 1.10. The van der Waals surface area contributed by atoms with Gasteiger partial charge in [-0.25, -0.2) is 0 Å². The molecule has 0 bridgehead atoms. The number of thiophene rings is 1. The lowest BCUT2D eigenvalue weighted by Crippen LogP contribution is -1.84. The van der Waals surface area contributed by atoms with Crippen LogP contribution in [0.2, 0.25) is 0 Å². The van der Waals surface area contributed by atoms with Gasteiger partial charge in [-0.15, -0.1) is 11.3 Å². The Balaban J connectivity index is 2.21. The van der Waals surface area contributed by atoms with Gasteiger partial charge in [0.1, 0.15) is 17.8 Å². The third-order valence-corrected chi connectivity index (χ3v) is 2.39. The summed E-state index contributed by atoms with van der Waals surface area (Å²) in [6.07, 6.45) is 0.806. The lowest BCUT2D eigenvalue weighted by Gasteiger charge is -2.02. The van der Waals surface area contributed by atoms with Gasteiger partial charge in [0.15, 0.2) is 0 Å². The minimum absolute atomic E-state index is 0.623. The second-order valence-corrected chi connectivity index (χ2v) is 3.53. The van der Waals surface area contributed by atoms with Crippen LogP contribution in [-0.2, 0) is 0 Å². The number of ether oxygens (including phenoxy) is 1. The number of rotatable bonds is 3. The molecule has 0 saturated heterocycles. The summed E-state index contributed by atoms with van der Waals surface area (Å²) in [5.74, 6) is 1.49. The van der Waals surface area contributed by atoms with E-state index < -0.39 is 0 Å². The molecule has 0 aliphatic carbocycles. The van der Waals surface area contributed by atoms with E-state index in [0.29, 0.717) is 11.3 Å². The number of carbonyl (C=O) groups is 1. The van der Waals surface area contributed by atoms with E-state index in [1.54, 1.807) is 29.5 Å². The molecule has 0 amide bonds. The first kappa shape index (κ1) is 8.97. The van der Waals surface area contributed by atoms with E-state index in [4.69, 9.17) is 4.74 Å². The predicted molar refractivity (Wildman–Crippen MR) is 56.2 cm³/mol. The summed E-state index contributed by atoms with van der Waals surface area (Å²) in [7, 11) is 0. The van der Waals surface area contributed by atoms with Crippen LogP contribution in [0.4, 0.5) is 0 Å². The predicted octanol–water partition coefficient (Wildman–Crippen LogP) is 3.35. The topological polar surface area (TPSA) is 26.3 Å². The highest BCUT2D eigenvalue weighted by atomic mass is 32.1. The standard InChI is InChI=1S/C11H8O2S/c12-7-9-2-1-3-10(6-9)13-11-4-5-14-8-11/h1-8H. The van der Waals surface area contributed by atoms with Gasteiger partial charge in [-0.1, -0.05) is 12.1 Å². The molecule has 0 fully saturated rings. The molecule has 1 aromatic carbocycles. The third-order valence-electron chi connectivity index (χ3n) is 1.72. The molecule has 0 saturated carbocycles. The van der Waals surface area contributed by atoms with Crippen LogP contribution in [0, 0.1) is 0 Å². The van der Waals surface area contributed by atoms with Crippen LogP contribution >= 0.6 is 11.3 Å². The number of hydrogen-bond acceptors (Lipinski definition) is 3. The number of benzene rings is 1. The average molecular weight is 204 g/mol. The van der Waals surface area contributed by atoms with Crippen LogP contribution in [-0.4, -0.2) is 6.29 Å². The summed E-state index contributed by atoms with van der Waals surface area (Å²) in [6, 6.07) is 8.96. The maximum absolute atomic E-state index is 10.5. The van der Waals surface area contributed by atoms with E-state index in [1.807, 2.05) is 22.9 Å². The molecule has 1 aromatic heterocycles. The first-order chi connectivity index (χ1) is 6.88. The van der Waals surface area contributed by atoms with Crippen LogP contribution in [0.1, 0.15) is 10.4 Å². The Bertz CT molecular complexity index is 421. The van der Waals surface area contributed by atoms with E-state index in [-0.39, 0.29) is 0 Å². The van der Waals surface area contributed by atoms with E-state index >= 15 is 0 Å². The van der Waals surface area contributed by atoms with Gasteiger partial charge in [0.2, 0.25) is 0 Å². The summed E-state index contributed by atoms with van der Waals surface area (Å²) in [4.78, 5) is 10.5. The minimum Gasteiger partial charge on any atom is -0.456 e. The minimum atomic E-state index is 0.623. The molecule has 0 N–H and O–H groups in total. The highest BCUT2D eigenvalue weighted by molar-refractivity contribution is 7.08. The first-order valence-electron chi connectivity index (χ1n) is 4.14. The van der Waals surface area contributed by atoms with Gasteiger partial charge in [0.05, 0.1) is 0 Å². The summed E-state index contributed by atoms with van der Waals surface area (Å²) in [6.45, 7) is 0. The number of carbonyl (C=O) groups excluding carboxylic acids is 1. The molecule has 0 aliphatic heterocycles. The van der Waals surface area contributed by atoms with Crippen molar-refractivity contribution in [3.63, 3.8) is 0 Å². The van der Waals surface area contributed by atoms with Crippen molar-refractivity contribution >= 4 is 17.6 Å². The smallest absolute Gasteiger partial charge is 0.150 e. The summed E-state index contributed by atoms with van der Waals surface area (Å²) in [5.41, 5.74) is 0.623. The Morgan fingerprint density at radius 2 is 2.14 bits per heavy atom. The Labute approximate surface area is 85.8 Å². The van der Waals surface area contributed by atoms with Crippen molar-refractivity contribution in [2.24, 2.45) is 0 Å². The maximum atomic E-state index is 10.5. The van der Waals surface area contributed by atoms with Gasteiger partial charge in [-0.05, 0) is 23.6 Å². The quantitative estimate of drug-likeness (QED) is 0.716. The van der Waals surface area contributed by atoms with E-state index in [9.17, 15) is 4.79 Å². The van der Waals surface area contributed by atoms with Gasteiger partial charge >= 0.3 is 0 Å². The monoisotopic (exact) mass is 204 g/mol. The van der Waals surface area contributed by atoms with E-state index in [0.717, 1.165) is 12.0 Å². The molecule has 0 aliphatic rings. The second-order valence-electron chi connectivity index (χ2n) is 2.75. The molecule has 2 aromatic rings. The SMILES string of the molecule is O=Cc1cccc(Oc2ccsc2)c1. The summed E-state index contributed by atoms with van der Waals surface area (Å²) >= 11 is 1.57. The van der Waals surface area contributed by atoms with Crippen LogP contribution in [0.3, 0.4) is 0 Å². The molecule has 70 valence electrons. The molecule has 3 heteroatoms. The third kappa shape index (κ3) is 2.00. The molecule has 0 unspecified atom stereocenters. The van der Waals surface area contributed by atoms with E-state index in [1.165, 1.54) is 0 Å². The van der Waals surface area contributed by atoms with Crippen molar-refractivity contribution in [2.75, 3.05) is 0 Å². The summed E-state index contributed by atoms with van der Waals surface area (Å²) < 4.78 is 5.51. The van der Waals surface area contributed by atoms with Gasteiger partial charge in [0.25, 0.3) is 0 Å². The maximum Gasteiger partial charge on any atom is 0.150 e. The fraction of sp³-hybridized carbons (Fsp3) is 0. The fourth-order valence-corrected chi connectivity index (χ4v) is 1.65. The van der Waals surface area contributed by atoms with Crippen LogP contribution < -0.4 is 4.74 Å². The Hall–Kier alpha value is -1.61. The molecule has 14 heavy (non-hydrogen) atoms. The molecule has 2 rings (SSSR count). The zero-order valence-corrected chi connectivity index (χ0v) is 8.16. The average Bonchev–Trinajstić information content (AvgIpc) is 2.71. The van der Waals surface area contributed by atoms with E-state index in [2.05, 4.69) is 0 Å². The largest absolute Gasteiger partial charge is 0.456 e. The molecule has 0 spiro atoms. The van der Waals surface area contributed by atoms with Gasteiger partial charge < -0.3 is 4.74 Å². The lowest BCUT2D eigenvalue weighted by atomic mass is 10.2. The second kappa shape index (κ2) is 4.07. The first-order valence-corrected chi connectivity index (χ1v) is 5.08. The highest BCUT2D eigenvalue weighted by Crippen LogP contribution is 2.23. The molecule has 2 nitrogen and oxygen atoms in total. The zero-order valence-electron chi connectivity index (χ0n) is 7.34. The Morgan fingerprint density at radius 1 is 1.21 bits per heavy atom. The molecular formula is C11H8O2S. The van der Waals surface area contributed by atoms with Gasteiger partial charge in [-0.3, -0.25) is 4.79 Å². The molecule has 1 heterocycles.